The minimum Gasteiger partial charge on any atom is -0.444 e. The van der Waals surface area contributed by atoms with E-state index in [0.29, 0.717) is 18.9 Å². The van der Waals surface area contributed by atoms with Crippen LogP contribution in [0.4, 0.5) is 16.4 Å². The molecule has 0 aliphatic carbocycles. The highest BCUT2D eigenvalue weighted by atomic mass is 16.6. The van der Waals surface area contributed by atoms with Gasteiger partial charge in [0.15, 0.2) is 0 Å². The molecule has 2 heterocycles. The molecule has 6 heteroatoms. The number of hydrogen-bond acceptors (Lipinski definition) is 5. The van der Waals surface area contributed by atoms with E-state index >= 15 is 0 Å². The zero-order chi connectivity index (χ0) is 16.5. The Morgan fingerprint density at radius 1 is 1.27 bits per heavy atom. The fraction of sp³-hybridized carbons (Fsp3) is 0.625. The first-order valence-corrected chi connectivity index (χ1v) is 7.66. The van der Waals surface area contributed by atoms with Gasteiger partial charge >= 0.3 is 6.09 Å². The summed E-state index contributed by atoms with van der Waals surface area (Å²) in [5.74, 6) is 1.36. The van der Waals surface area contributed by atoms with Crippen molar-refractivity contribution >= 4 is 17.7 Å². The van der Waals surface area contributed by atoms with E-state index < -0.39 is 5.60 Å². The van der Waals surface area contributed by atoms with Gasteiger partial charge in [-0.15, -0.1) is 0 Å². The molecule has 2 atom stereocenters. The van der Waals surface area contributed by atoms with E-state index in [2.05, 4.69) is 16.8 Å². The molecule has 0 radical (unpaired) electrons. The first-order chi connectivity index (χ1) is 10.2. The number of piperazine rings is 1. The highest BCUT2D eigenvalue weighted by Gasteiger charge is 2.34. The van der Waals surface area contributed by atoms with E-state index in [9.17, 15) is 4.79 Å². The lowest BCUT2D eigenvalue weighted by atomic mass is 10.1. The smallest absolute Gasteiger partial charge is 0.410 e. The molecule has 0 saturated carbocycles. The summed E-state index contributed by atoms with van der Waals surface area (Å²) < 4.78 is 5.49. The maximum absolute atomic E-state index is 12.3. The fourth-order valence-electron chi connectivity index (χ4n) is 2.62. The number of carbonyl (C=O) groups excluding carboxylic acids is 1. The van der Waals surface area contributed by atoms with E-state index in [1.54, 1.807) is 11.0 Å². The third-order valence-corrected chi connectivity index (χ3v) is 3.66. The van der Waals surface area contributed by atoms with Crippen molar-refractivity contribution in [2.24, 2.45) is 0 Å². The molecule has 22 heavy (non-hydrogen) atoms. The van der Waals surface area contributed by atoms with Crippen LogP contribution in [0.15, 0.2) is 18.2 Å². The van der Waals surface area contributed by atoms with Gasteiger partial charge in [-0.2, -0.15) is 0 Å². The maximum Gasteiger partial charge on any atom is 0.410 e. The summed E-state index contributed by atoms with van der Waals surface area (Å²) in [6.45, 7) is 11.1. The Hall–Kier alpha value is -1.98. The van der Waals surface area contributed by atoms with Gasteiger partial charge in [0.2, 0.25) is 0 Å². The first-order valence-electron chi connectivity index (χ1n) is 7.66. The lowest BCUT2D eigenvalue weighted by Gasteiger charge is -2.44. The Labute approximate surface area is 132 Å². The Balaban J connectivity index is 2.10. The van der Waals surface area contributed by atoms with E-state index in [-0.39, 0.29) is 18.2 Å². The largest absolute Gasteiger partial charge is 0.444 e. The van der Waals surface area contributed by atoms with Gasteiger partial charge in [-0.3, -0.25) is 0 Å². The van der Waals surface area contributed by atoms with Crippen LogP contribution in [0.1, 0.15) is 34.6 Å². The van der Waals surface area contributed by atoms with Crippen molar-refractivity contribution in [3.05, 3.63) is 18.2 Å². The predicted molar refractivity (Wildman–Crippen MR) is 87.9 cm³/mol. The monoisotopic (exact) mass is 306 g/mol. The normalized spacial score (nSPS) is 22.6. The molecule has 122 valence electrons. The van der Waals surface area contributed by atoms with Crippen LogP contribution >= 0.6 is 0 Å². The van der Waals surface area contributed by atoms with Crippen LogP contribution in [0.5, 0.6) is 0 Å². The average Bonchev–Trinajstić information content (AvgIpc) is 2.39. The zero-order valence-corrected chi connectivity index (χ0v) is 14.0. The van der Waals surface area contributed by atoms with Gasteiger partial charge < -0.3 is 20.3 Å². The summed E-state index contributed by atoms with van der Waals surface area (Å²) in [5, 5.41) is 0. The van der Waals surface area contributed by atoms with Crippen LogP contribution in [0.3, 0.4) is 0 Å². The van der Waals surface area contributed by atoms with Gasteiger partial charge in [-0.1, -0.05) is 6.07 Å². The van der Waals surface area contributed by atoms with Gasteiger partial charge in [0, 0.05) is 25.2 Å². The second kappa shape index (κ2) is 6.02. The molecule has 6 nitrogen and oxygen atoms in total. The summed E-state index contributed by atoms with van der Waals surface area (Å²) in [4.78, 5) is 20.7. The number of nitrogens with zero attached hydrogens (tertiary/aromatic N) is 3. The van der Waals surface area contributed by atoms with E-state index in [1.807, 2.05) is 39.8 Å². The van der Waals surface area contributed by atoms with Gasteiger partial charge in [-0.05, 0) is 46.8 Å². The van der Waals surface area contributed by atoms with Crippen molar-refractivity contribution in [3.63, 3.8) is 0 Å². The number of anilines is 2. The van der Waals surface area contributed by atoms with Crippen molar-refractivity contribution in [3.8, 4) is 0 Å². The molecule has 1 aliphatic rings. The van der Waals surface area contributed by atoms with E-state index in [4.69, 9.17) is 10.5 Å². The summed E-state index contributed by atoms with van der Waals surface area (Å²) in [6.07, 6.45) is -0.257. The number of nitrogens with two attached hydrogens (primary N) is 1. The van der Waals surface area contributed by atoms with Crippen molar-refractivity contribution in [2.75, 3.05) is 23.7 Å². The molecule has 2 N–H and O–H groups in total. The molecule has 0 unspecified atom stereocenters. The van der Waals surface area contributed by atoms with Crippen LogP contribution in [0, 0.1) is 0 Å². The number of carbonyl (C=O) groups is 1. The zero-order valence-electron chi connectivity index (χ0n) is 14.0. The minimum absolute atomic E-state index is 0.0503. The van der Waals surface area contributed by atoms with Crippen LogP contribution in [0.25, 0.3) is 0 Å². The number of aromatic nitrogens is 1. The highest BCUT2D eigenvalue weighted by molar-refractivity contribution is 5.69. The van der Waals surface area contributed by atoms with E-state index in [1.165, 1.54) is 0 Å². The third kappa shape index (κ3) is 3.81. The van der Waals surface area contributed by atoms with Gasteiger partial charge in [0.25, 0.3) is 0 Å². The van der Waals surface area contributed by atoms with Crippen molar-refractivity contribution < 1.29 is 9.53 Å². The molecule has 1 aromatic heterocycles. The highest BCUT2D eigenvalue weighted by Crippen LogP contribution is 2.23. The van der Waals surface area contributed by atoms with Gasteiger partial charge in [0.05, 0.1) is 0 Å². The predicted octanol–water partition coefficient (Wildman–Crippen LogP) is 2.50. The van der Waals surface area contributed by atoms with Crippen molar-refractivity contribution in [1.29, 1.82) is 0 Å². The lowest BCUT2D eigenvalue weighted by Crippen LogP contribution is -2.59. The Kier molecular flexibility index (Phi) is 4.49. The molecule has 1 aliphatic heterocycles. The molecule has 1 saturated heterocycles. The quantitative estimate of drug-likeness (QED) is 0.863. The van der Waals surface area contributed by atoms with E-state index in [0.717, 1.165) is 5.82 Å². The molecule has 2 rings (SSSR count). The molecule has 1 amide bonds. The Morgan fingerprint density at radius 2 is 1.95 bits per heavy atom. The Bertz CT molecular complexity index is 541. The second-order valence-electron chi connectivity index (χ2n) is 6.90. The summed E-state index contributed by atoms with van der Waals surface area (Å²) in [7, 11) is 0. The summed E-state index contributed by atoms with van der Waals surface area (Å²) in [5.41, 5.74) is 5.29. The molecule has 0 bridgehead atoms. The summed E-state index contributed by atoms with van der Waals surface area (Å²) in [6, 6.07) is 5.82. The SMILES string of the molecule is C[C@@H]1CN(c2cccc(N)n2)[C@@H](C)CN1C(=O)OC(C)(C)C. The van der Waals surface area contributed by atoms with Crippen LogP contribution in [-0.2, 0) is 4.74 Å². The second-order valence-corrected chi connectivity index (χ2v) is 6.90. The third-order valence-electron chi connectivity index (χ3n) is 3.66. The number of nitrogen functional groups attached to an aromatic ring is 1. The number of rotatable bonds is 1. The van der Waals surface area contributed by atoms with Gasteiger partial charge in [-0.25, -0.2) is 9.78 Å². The molecular formula is C16H26N4O2. The number of ether oxygens (including phenoxy) is 1. The Morgan fingerprint density at radius 3 is 2.55 bits per heavy atom. The van der Waals surface area contributed by atoms with Crippen LogP contribution in [0.2, 0.25) is 0 Å². The maximum atomic E-state index is 12.3. The standard InChI is InChI=1S/C16H26N4O2/c1-11-10-20(15(21)22-16(3,4)5)12(2)9-19(11)14-8-6-7-13(17)18-14/h6-8,11-12H,9-10H2,1-5H3,(H2,17,18)/t11-,12+/m0/s1. The van der Waals surface area contributed by atoms with Gasteiger partial charge in [0.1, 0.15) is 17.2 Å². The molecule has 1 aromatic rings. The van der Waals surface area contributed by atoms with Crippen LogP contribution in [-0.4, -0.2) is 46.8 Å². The average molecular weight is 306 g/mol. The molecular weight excluding hydrogens is 280 g/mol. The summed E-state index contributed by atoms with van der Waals surface area (Å²) >= 11 is 0. The molecule has 1 fully saturated rings. The number of hydrogen-bond donors (Lipinski definition) is 1. The fourth-order valence-corrected chi connectivity index (χ4v) is 2.62. The van der Waals surface area contributed by atoms with Crippen LogP contribution < -0.4 is 10.6 Å². The molecule has 0 aromatic carbocycles. The topological polar surface area (TPSA) is 71.7 Å². The van der Waals surface area contributed by atoms with Crippen molar-refractivity contribution in [2.45, 2.75) is 52.3 Å². The number of pyridine rings is 1. The lowest BCUT2D eigenvalue weighted by molar-refractivity contribution is 0.0130. The first kappa shape index (κ1) is 16.4. The van der Waals surface area contributed by atoms with Crippen molar-refractivity contribution in [1.82, 2.24) is 9.88 Å². The number of amides is 1. The molecule has 0 spiro atoms. The minimum atomic E-state index is -0.480.